The minimum absolute atomic E-state index is 0.762. The quantitative estimate of drug-likeness (QED) is 0.910. The Kier molecular flexibility index (Phi) is 2.76. The van der Waals surface area contributed by atoms with Gasteiger partial charge in [0.05, 0.1) is 0 Å². The molecule has 0 radical (unpaired) electrons. The van der Waals surface area contributed by atoms with E-state index in [0.29, 0.717) is 0 Å². The summed E-state index contributed by atoms with van der Waals surface area (Å²) in [5.74, 6) is 3.02. The van der Waals surface area contributed by atoms with E-state index in [1.807, 2.05) is 24.4 Å². The normalized spacial score (nSPS) is 29.4. The van der Waals surface area contributed by atoms with E-state index in [0.717, 1.165) is 42.3 Å². The molecule has 0 aliphatic heterocycles. The Hall–Kier alpha value is -1.42. The number of nitrogens with zero attached hydrogens (tertiary/aromatic N) is 3. The molecule has 0 aromatic carbocycles. The summed E-state index contributed by atoms with van der Waals surface area (Å²) in [6.07, 6.45) is 8.77. The lowest BCUT2D eigenvalue weighted by Gasteiger charge is -2.22. The van der Waals surface area contributed by atoms with Crippen LogP contribution in [0.5, 0.6) is 0 Å². The molecule has 2 aliphatic carbocycles. The number of nitrogens with one attached hydrogen (secondary N) is 1. The van der Waals surface area contributed by atoms with E-state index in [1.165, 1.54) is 25.7 Å². The van der Waals surface area contributed by atoms with Crippen LogP contribution in [0.4, 0.5) is 0 Å². The third kappa shape index (κ3) is 2.04. The molecule has 2 fully saturated rings. The van der Waals surface area contributed by atoms with Gasteiger partial charge in [-0.25, -0.2) is 0 Å². The van der Waals surface area contributed by atoms with Crippen molar-refractivity contribution in [3.8, 4) is 0 Å². The van der Waals surface area contributed by atoms with Crippen LogP contribution < -0.4 is 5.32 Å². The maximum Gasteiger partial charge on any atom is 0.160 e. The van der Waals surface area contributed by atoms with E-state index in [9.17, 15) is 0 Å². The van der Waals surface area contributed by atoms with Gasteiger partial charge >= 0.3 is 0 Å². The van der Waals surface area contributed by atoms with E-state index < -0.39 is 0 Å². The van der Waals surface area contributed by atoms with Gasteiger partial charge in [-0.2, -0.15) is 0 Å². The SMILES string of the molecule is c1ccn2c(CCNC3CC4CCC3C4)nnc2c1. The first-order valence-corrected chi connectivity index (χ1v) is 7.42. The van der Waals surface area contributed by atoms with Crippen LogP contribution in [0.3, 0.4) is 0 Å². The Bertz CT molecular complexity index is 576. The molecule has 2 saturated carbocycles. The van der Waals surface area contributed by atoms with Crippen LogP contribution in [0.1, 0.15) is 31.5 Å². The number of fused-ring (bicyclic) bond motifs is 3. The van der Waals surface area contributed by atoms with Crippen LogP contribution in [0.2, 0.25) is 0 Å². The molecule has 2 aromatic rings. The monoisotopic (exact) mass is 256 g/mol. The minimum Gasteiger partial charge on any atom is -0.313 e. The summed E-state index contributed by atoms with van der Waals surface area (Å²) in [5.41, 5.74) is 0.942. The lowest BCUT2D eigenvalue weighted by molar-refractivity contribution is 0.353. The van der Waals surface area contributed by atoms with Crippen LogP contribution in [-0.2, 0) is 6.42 Å². The molecule has 0 saturated heterocycles. The van der Waals surface area contributed by atoms with Gasteiger partial charge in [-0.05, 0) is 43.2 Å². The molecular weight excluding hydrogens is 236 g/mol. The van der Waals surface area contributed by atoms with Gasteiger partial charge in [0.1, 0.15) is 5.82 Å². The Morgan fingerprint density at radius 3 is 3.05 bits per heavy atom. The maximum absolute atomic E-state index is 4.28. The molecule has 2 bridgehead atoms. The molecule has 4 rings (SSSR count). The molecule has 4 heteroatoms. The largest absolute Gasteiger partial charge is 0.313 e. The topological polar surface area (TPSA) is 42.2 Å². The molecule has 19 heavy (non-hydrogen) atoms. The van der Waals surface area contributed by atoms with E-state index in [4.69, 9.17) is 0 Å². The summed E-state index contributed by atoms with van der Waals surface area (Å²) < 4.78 is 2.09. The van der Waals surface area contributed by atoms with Gasteiger partial charge in [-0.15, -0.1) is 10.2 Å². The van der Waals surface area contributed by atoms with E-state index >= 15 is 0 Å². The van der Waals surface area contributed by atoms with Crippen molar-refractivity contribution in [3.05, 3.63) is 30.2 Å². The van der Waals surface area contributed by atoms with Crippen molar-refractivity contribution in [2.45, 2.75) is 38.1 Å². The number of hydrogen-bond acceptors (Lipinski definition) is 3. The highest BCUT2D eigenvalue weighted by Crippen LogP contribution is 2.44. The van der Waals surface area contributed by atoms with Gasteiger partial charge < -0.3 is 5.32 Å². The summed E-state index contributed by atoms with van der Waals surface area (Å²) in [5, 5.41) is 12.2. The Balaban J connectivity index is 1.37. The molecule has 3 unspecified atom stereocenters. The highest BCUT2D eigenvalue weighted by molar-refractivity contribution is 5.36. The lowest BCUT2D eigenvalue weighted by Crippen LogP contribution is -2.35. The van der Waals surface area contributed by atoms with Gasteiger partial charge in [0.25, 0.3) is 0 Å². The molecule has 1 N–H and O–H groups in total. The molecule has 100 valence electrons. The highest BCUT2D eigenvalue weighted by atomic mass is 15.2. The molecule has 2 heterocycles. The van der Waals surface area contributed by atoms with E-state index in [1.54, 1.807) is 0 Å². The first kappa shape index (κ1) is 11.4. The number of hydrogen-bond donors (Lipinski definition) is 1. The number of aromatic nitrogens is 3. The van der Waals surface area contributed by atoms with Crippen molar-refractivity contribution in [3.63, 3.8) is 0 Å². The second-order valence-electron chi connectivity index (χ2n) is 6.03. The van der Waals surface area contributed by atoms with Crippen LogP contribution in [-0.4, -0.2) is 27.2 Å². The first-order chi connectivity index (χ1) is 9.40. The van der Waals surface area contributed by atoms with Crippen LogP contribution in [0.25, 0.3) is 5.65 Å². The minimum atomic E-state index is 0.762. The van der Waals surface area contributed by atoms with Crippen LogP contribution in [0, 0.1) is 11.8 Å². The molecular formula is C15H20N4. The summed E-state index contributed by atoms with van der Waals surface area (Å²) in [7, 11) is 0. The Morgan fingerprint density at radius 2 is 2.21 bits per heavy atom. The lowest BCUT2D eigenvalue weighted by atomic mass is 9.95. The summed E-state index contributed by atoms with van der Waals surface area (Å²) in [6.45, 7) is 1.02. The van der Waals surface area contributed by atoms with Gasteiger partial charge in [0.2, 0.25) is 0 Å². The maximum atomic E-state index is 4.28. The summed E-state index contributed by atoms with van der Waals surface area (Å²) in [4.78, 5) is 0. The van der Waals surface area contributed by atoms with Crippen molar-refractivity contribution in [1.29, 1.82) is 0 Å². The molecule has 0 spiro atoms. The van der Waals surface area contributed by atoms with Crippen molar-refractivity contribution < 1.29 is 0 Å². The molecule has 2 aliphatic rings. The average Bonchev–Trinajstić information content (AvgIpc) is 3.14. The first-order valence-electron chi connectivity index (χ1n) is 7.42. The zero-order valence-corrected chi connectivity index (χ0v) is 11.1. The second-order valence-corrected chi connectivity index (χ2v) is 6.03. The summed E-state index contributed by atoms with van der Waals surface area (Å²) >= 11 is 0. The third-order valence-corrected chi connectivity index (χ3v) is 4.88. The number of pyridine rings is 1. The number of rotatable bonds is 4. The fourth-order valence-electron chi connectivity index (χ4n) is 3.93. The highest BCUT2D eigenvalue weighted by Gasteiger charge is 2.38. The molecule has 0 amide bonds. The molecule has 2 aromatic heterocycles. The van der Waals surface area contributed by atoms with Crippen molar-refractivity contribution >= 4 is 5.65 Å². The van der Waals surface area contributed by atoms with Gasteiger partial charge in [0, 0.05) is 25.2 Å². The van der Waals surface area contributed by atoms with Gasteiger partial charge in [-0.3, -0.25) is 4.40 Å². The van der Waals surface area contributed by atoms with E-state index in [-0.39, 0.29) is 0 Å². The zero-order valence-electron chi connectivity index (χ0n) is 11.1. The fraction of sp³-hybridized carbons (Fsp3) is 0.600. The van der Waals surface area contributed by atoms with Gasteiger partial charge in [0.15, 0.2) is 5.65 Å². The second kappa shape index (κ2) is 4.60. The van der Waals surface area contributed by atoms with E-state index in [2.05, 4.69) is 19.9 Å². The smallest absolute Gasteiger partial charge is 0.160 e. The Labute approximate surface area is 113 Å². The third-order valence-electron chi connectivity index (χ3n) is 4.88. The fourth-order valence-corrected chi connectivity index (χ4v) is 3.93. The molecule has 4 nitrogen and oxygen atoms in total. The van der Waals surface area contributed by atoms with Crippen molar-refractivity contribution in [2.75, 3.05) is 6.54 Å². The van der Waals surface area contributed by atoms with Crippen molar-refractivity contribution in [1.82, 2.24) is 19.9 Å². The summed E-state index contributed by atoms with van der Waals surface area (Å²) in [6, 6.07) is 6.79. The predicted octanol–water partition coefficient (Wildman–Crippen LogP) is 2.05. The standard InChI is InChI=1S/C15H20N4/c1-2-8-19-14(3-1)17-18-15(19)6-7-16-13-10-11-4-5-12(13)9-11/h1-3,8,11-13,16H,4-7,9-10H2. The van der Waals surface area contributed by atoms with Crippen LogP contribution >= 0.6 is 0 Å². The predicted molar refractivity (Wildman–Crippen MR) is 73.9 cm³/mol. The molecule has 3 atom stereocenters. The van der Waals surface area contributed by atoms with Gasteiger partial charge in [-0.1, -0.05) is 12.5 Å². The average molecular weight is 256 g/mol. The zero-order chi connectivity index (χ0) is 12.7. The van der Waals surface area contributed by atoms with Crippen LogP contribution in [0.15, 0.2) is 24.4 Å². The van der Waals surface area contributed by atoms with Crippen molar-refractivity contribution in [2.24, 2.45) is 11.8 Å². The Morgan fingerprint density at radius 1 is 1.21 bits per heavy atom.